The van der Waals surface area contributed by atoms with E-state index in [4.69, 9.17) is 4.74 Å². The monoisotopic (exact) mass is 335 g/mol. The lowest BCUT2D eigenvalue weighted by Gasteiger charge is -2.11. The van der Waals surface area contributed by atoms with Crippen LogP contribution in [0, 0.1) is 11.3 Å². The van der Waals surface area contributed by atoms with Crippen LogP contribution in [0.1, 0.15) is 37.3 Å². The third-order valence-electron chi connectivity index (χ3n) is 4.90. The number of ether oxygens (including phenoxy) is 1. The van der Waals surface area contributed by atoms with Gasteiger partial charge in [-0.3, -0.25) is 4.98 Å². The van der Waals surface area contributed by atoms with E-state index in [2.05, 4.69) is 39.8 Å². The van der Waals surface area contributed by atoms with Gasteiger partial charge in [-0.1, -0.05) is 25.5 Å². The molecule has 0 radical (unpaired) electrons. The lowest BCUT2D eigenvalue weighted by Crippen LogP contribution is -2.30. The number of H-pyrrole nitrogens is 1. The Bertz CT molecular complexity index is 948. The van der Waals surface area contributed by atoms with Crippen LogP contribution in [0.3, 0.4) is 0 Å². The van der Waals surface area contributed by atoms with Crippen molar-refractivity contribution in [1.29, 1.82) is 5.26 Å². The zero-order chi connectivity index (χ0) is 17.2. The van der Waals surface area contributed by atoms with Gasteiger partial charge in [0.15, 0.2) is 0 Å². The van der Waals surface area contributed by atoms with Crippen molar-refractivity contribution in [2.24, 2.45) is 0 Å². The molecular formula is C20H23N4O+. The molecule has 1 saturated heterocycles. The number of hydrogen-bond acceptors (Lipinski definition) is 3. The Morgan fingerprint density at radius 1 is 1.40 bits per heavy atom. The predicted molar refractivity (Wildman–Crippen MR) is 97.6 cm³/mol. The number of hydrogen-bond donors (Lipinski definition) is 2. The second kappa shape index (κ2) is 6.73. The van der Waals surface area contributed by atoms with Crippen LogP contribution in [0.5, 0.6) is 0 Å². The summed E-state index contributed by atoms with van der Waals surface area (Å²) in [6, 6.07) is 12.7. The maximum atomic E-state index is 9.74. The zero-order valence-corrected chi connectivity index (χ0v) is 14.5. The smallest absolute Gasteiger partial charge is 0.250 e. The molecule has 1 aromatic carbocycles. The Morgan fingerprint density at radius 2 is 2.28 bits per heavy atom. The Morgan fingerprint density at radius 3 is 3.04 bits per heavy atom. The number of aromatic amines is 1. The van der Waals surface area contributed by atoms with Gasteiger partial charge in [0, 0.05) is 12.7 Å². The summed E-state index contributed by atoms with van der Waals surface area (Å²) in [4.78, 5) is 3.43. The van der Waals surface area contributed by atoms with Crippen LogP contribution in [-0.2, 0) is 11.2 Å². The molecule has 0 amide bonds. The fourth-order valence-corrected chi connectivity index (χ4v) is 3.70. The second-order valence-electron chi connectivity index (χ2n) is 6.63. The summed E-state index contributed by atoms with van der Waals surface area (Å²) in [6.07, 6.45) is 4.41. The van der Waals surface area contributed by atoms with E-state index in [1.807, 2.05) is 18.2 Å². The average Bonchev–Trinajstić information content (AvgIpc) is 3.27. The molecule has 1 aliphatic heterocycles. The van der Waals surface area contributed by atoms with Gasteiger partial charge in [-0.25, -0.2) is 0 Å². The highest BCUT2D eigenvalue weighted by Crippen LogP contribution is 2.22. The fraction of sp³-hybridized carbons (Fsp3) is 0.400. The molecule has 25 heavy (non-hydrogen) atoms. The molecule has 0 saturated carbocycles. The number of anilines is 1. The van der Waals surface area contributed by atoms with Crippen LogP contribution >= 0.6 is 0 Å². The lowest BCUT2D eigenvalue weighted by atomic mass is 10.1. The van der Waals surface area contributed by atoms with E-state index in [9.17, 15) is 5.26 Å². The highest BCUT2D eigenvalue weighted by atomic mass is 16.5. The van der Waals surface area contributed by atoms with E-state index >= 15 is 0 Å². The number of imidazole rings is 1. The molecule has 1 aliphatic rings. The van der Waals surface area contributed by atoms with Gasteiger partial charge in [-0.2, -0.15) is 9.66 Å². The number of nitrogens with one attached hydrogen (secondary N) is 2. The minimum Gasteiger partial charge on any atom is -0.375 e. The van der Waals surface area contributed by atoms with Gasteiger partial charge in [0.2, 0.25) is 11.5 Å². The summed E-state index contributed by atoms with van der Waals surface area (Å²) < 4.78 is 7.87. The molecule has 5 heteroatoms. The summed E-state index contributed by atoms with van der Waals surface area (Å²) in [5, 5.41) is 13.3. The van der Waals surface area contributed by atoms with Crippen LogP contribution in [-0.4, -0.2) is 24.2 Å². The van der Waals surface area contributed by atoms with Gasteiger partial charge in [0.25, 0.3) is 0 Å². The molecule has 1 atom stereocenters. The molecule has 3 aromatic rings. The first-order valence-electron chi connectivity index (χ1n) is 9.05. The van der Waals surface area contributed by atoms with Crippen molar-refractivity contribution < 1.29 is 9.14 Å². The fourth-order valence-electron chi connectivity index (χ4n) is 3.70. The summed E-state index contributed by atoms with van der Waals surface area (Å²) in [6.45, 7) is 3.79. The van der Waals surface area contributed by atoms with Crippen molar-refractivity contribution in [3.63, 3.8) is 0 Å². The molecule has 4 rings (SSSR count). The van der Waals surface area contributed by atoms with E-state index < -0.39 is 0 Å². The van der Waals surface area contributed by atoms with Crippen molar-refractivity contribution in [3.8, 4) is 6.07 Å². The first-order chi connectivity index (χ1) is 12.3. The maximum absolute atomic E-state index is 9.74. The second-order valence-corrected chi connectivity index (χ2v) is 6.63. The Kier molecular flexibility index (Phi) is 4.29. The average molecular weight is 335 g/mol. The summed E-state index contributed by atoms with van der Waals surface area (Å²) in [5.41, 5.74) is 4.80. The molecule has 3 heterocycles. The first kappa shape index (κ1) is 15.9. The quantitative estimate of drug-likeness (QED) is 0.703. The van der Waals surface area contributed by atoms with E-state index in [0.29, 0.717) is 0 Å². The molecule has 2 aromatic heterocycles. The number of aromatic nitrogens is 2. The molecule has 2 N–H and O–H groups in total. The number of para-hydroxylation sites is 2. The van der Waals surface area contributed by atoms with E-state index in [1.165, 1.54) is 0 Å². The van der Waals surface area contributed by atoms with Gasteiger partial charge in [0.1, 0.15) is 22.7 Å². The van der Waals surface area contributed by atoms with Crippen molar-refractivity contribution in [1.82, 2.24) is 4.98 Å². The molecule has 5 nitrogen and oxygen atoms in total. The number of nitrogens with zero attached hydrogens (tertiary/aromatic N) is 2. The molecule has 1 unspecified atom stereocenters. The maximum Gasteiger partial charge on any atom is 0.250 e. The number of nitriles is 1. The van der Waals surface area contributed by atoms with Gasteiger partial charge < -0.3 is 10.1 Å². The van der Waals surface area contributed by atoms with Crippen LogP contribution in [0.2, 0.25) is 0 Å². The molecule has 1 fully saturated rings. The highest BCUT2D eigenvalue weighted by molar-refractivity contribution is 5.77. The number of benzene rings is 1. The third kappa shape index (κ3) is 2.83. The predicted octanol–water partition coefficient (Wildman–Crippen LogP) is 3.32. The SMILES string of the molecule is CCCc1cc(NCC2CCCO2)[n+]2c([nH]c3ccccc32)c1C#N. The van der Waals surface area contributed by atoms with Crippen LogP contribution < -0.4 is 9.72 Å². The van der Waals surface area contributed by atoms with E-state index in [0.717, 1.165) is 72.5 Å². The number of pyridine rings is 1. The molecule has 0 aliphatic carbocycles. The third-order valence-corrected chi connectivity index (χ3v) is 4.90. The van der Waals surface area contributed by atoms with Crippen molar-refractivity contribution >= 4 is 22.5 Å². The minimum absolute atomic E-state index is 0.270. The van der Waals surface area contributed by atoms with Gasteiger partial charge in [0.05, 0.1) is 12.6 Å². The van der Waals surface area contributed by atoms with Gasteiger partial charge in [-0.05, 0) is 37.0 Å². The Labute approximate surface area is 147 Å². The normalized spacial score (nSPS) is 17.2. The van der Waals surface area contributed by atoms with Crippen molar-refractivity contribution in [2.45, 2.75) is 38.7 Å². The van der Waals surface area contributed by atoms with Crippen LogP contribution in [0.25, 0.3) is 16.7 Å². The largest absolute Gasteiger partial charge is 0.375 e. The lowest BCUT2D eigenvalue weighted by molar-refractivity contribution is -0.465. The van der Waals surface area contributed by atoms with Crippen LogP contribution in [0.4, 0.5) is 5.82 Å². The molecule has 0 spiro atoms. The minimum atomic E-state index is 0.270. The number of fused-ring (bicyclic) bond motifs is 3. The Hall–Kier alpha value is -2.58. The number of aryl methyl sites for hydroxylation is 1. The summed E-state index contributed by atoms with van der Waals surface area (Å²) >= 11 is 0. The van der Waals surface area contributed by atoms with Crippen molar-refractivity contribution in [2.75, 3.05) is 18.5 Å². The standard InChI is InChI=1S/C20H22N4O/c1-2-6-14-11-19(22-13-15-7-5-10-25-15)24-18-9-4-3-8-17(18)23-20(24)16(14)12-21/h3-4,8-9,11,15H,2,5-7,10,13H2,1H3,(H,22,23)/p+1. The topological polar surface area (TPSA) is 64.9 Å². The van der Waals surface area contributed by atoms with Gasteiger partial charge in [-0.15, -0.1) is 0 Å². The Balaban J connectivity index is 1.87. The first-order valence-corrected chi connectivity index (χ1v) is 9.05. The van der Waals surface area contributed by atoms with E-state index in [-0.39, 0.29) is 6.10 Å². The molecule has 0 bridgehead atoms. The summed E-state index contributed by atoms with van der Waals surface area (Å²) in [5.74, 6) is 1.02. The molecular weight excluding hydrogens is 312 g/mol. The zero-order valence-electron chi connectivity index (χ0n) is 14.5. The van der Waals surface area contributed by atoms with Crippen LogP contribution in [0.15, 0.2) is 30.3 Å². The van der Waals surface area contributed by atoms with E-state index in [1.54, 1.807) is 0 Å². The molecule has 128 valence electrons. The highest BCUT2D eigenvalue weighted by Gasteiger charge is 2.23. The summed E-state index contributed by atoms with van der Waals surface area (Å²) in [7, 11) is 0. The van der Waals surface area contributed by atoms with Gasteiger partial charge >= 0.3 is 0 Å². The number of rotatable bonds is 5. The van der Waals surface area contributed by atoms with Crippen molar-refractivity contribution in [3.05, 3.63) is 41.5 Å².